The third-order valence-electron chi connectivity index (χ3n) is 4.36. The van der Waals surface area contributed by atoms with Gasteiger partial charge in [0.1, 0.15) is 5.69 Å². The molecule has 5 nitrogen and oxygen atoms in total. The lowest BCUT2D eigenvalue weighted by molar-refractivity contribution is -0.137. The Morgan fingerprint density at radius 2 is 2.07 bits per heavy atom. The summed E-state index contributed by atoms with van der Waals surface area (Å²) in [5, 5.41) is 0.0462. The van der Waals surface area contributed by atoms with Gasteiger partial charge in [0.05, 0.1) is 16.1 Å². The number of Topliss-reactive ketones (excluding diaryl/α,β-unsaturated/α-hetero) is 1. The number of ketones is 1. The minimum Gasteiger partial charge on any atom is -0.378 e. The van der Waals surface area contributed by atoms with Crippen molar-refractivity contribution in [1.82, 2.24) is 9.97 Å². The number of thioether (sulfide) groups is 1. The van der Waals surface area contributed by atoms with Gasteiger partial charge in [-0.25, -0.2) is 0 Å². The number of nitrogens with zero attached hydrogens (tertiary/aromatic N) is 3. The van der Waals surface area contributed by atoms with E-state index < -0.39 is 23.1 Å². The highest BCUT2D eigenvalue weighted by molar-refractivity contribution is 8.17. The SMILES string of the molecule is C=C1C[C@@](C)(c2cncc(CC(=O)c3ncc(C(F)(F)F)cc3Cl)c2)N=C(N)S1. The molecule has 3 heterocycles. The number of carbonyl (C=O) groups is 1. The smallest absolute Gasteiger partial charge is 0.378 e. The van der Waals surface area contributed by atoms with E-state index in [1.807, 2.05) is 6.92 Å². The molecule has 0 fully saturated rings. The van der Waals surface area contributed by atoms with Gasteiger partial charge < -0.3 is 5.73 Å². The fourth-order valence-electron chi connectivity index (χ4n) is 2.99. The van der Waals surface area contributed by atoms with Gasteiger partial charge in [0.2, 0.25) is 0 Å². The Hall–Kier alpha value is -2.39. The predicted molar refractivity (Wildman–Crippen MR) is 107 cm³/mol. The van der Waals surface area contributed by atoms with E-state index in [1.165, 1.54) is 18.0 Å². The maximum Gasteiger partial charge on any atom is 0.417 e. The van der Waals surface area contributed by atoms with Crippen LogP contribution in [0.15, 0.2) is 47.2 Å². The van der Waals surface area contributed by atoms with Crippen molar-refractivity contribution in [3.63, 3.8) is 0 Å². The minimum atomic E-state index is -4.59. The molecule has 0 bridgehead atoms. The molecular weight excluding hydrogens is 425 g/mol. The number of aliphatic imine (C=N–C) groups is 1. The van der Waals surface area contributed by atoms with Gasteiger partial charge in [-0.15, -0.1) is 0 Å². The fourth-order valence-corrected chi connectivity index (χ4v) is 4.15. The molecule has 1 aliphatic rings. The second-order valence-electron chi connectivity index (χ2n) is 6.78. The van der Waals surface area contributed by atoms with Gasteiger partial charge in [0.15, 0.2) is 11.0 Å². The van der Waals surface area contributed by atoms with Crippen molar-refractivity contribution in [1.29, 1.82) is 0 Å². The summed E-state index contributed by atoms with van der Waals surface area (Å²) in [7, 11) is 0. The Morgan fingerprint density at radius 1 is 1.34 bits per heavy atom. The van der Waals surface area contributed by atoms with Crippen LogP contribution >= 0.6 is 23.4 Å². The van der Waals surface area contributed by atoms with Crippen molar-refractivity contribution in [2.24, 2.45) is 10.7 Å². The highest BCUT2D eigenvalue weighted by atomic mass is 35.5. The molecule has 1 aliphatic heterocycles. The molecule has 10 heteroatoms. The molecule has 0 amide bonds. The number of halogens is 4. The Bertz CT molecular complexity index is 1020. The molecule has 3 rings (SSSR count). The Morgan fingerprint density at radius 3 is 2.69 bits per heavy atom. The van der Waals surface area contributed by atoms with E-state index in [9.17, 15) is 18.0 Å². The zero-order chi connectivity index (χ0) is 21.4. The maximum absolute atomic E-state index is 12.7. The van der Waals surface area contributed by atoms with Crippen LogP contribution in [-0.4, -0.2) is 20.9 Å². The summed E-state index contributed by atoms with van der Waals surface area (Å²) in [5.74, 6) is -0.514. The lowest BCUT2D eigenvalue weighted by Gasteiger charge is -2.30. The third kappa shape index (κ3) is 4.79. The molecule has 2 N–H and O–H groups in total. The first-order chi connectivity index (χ1) is 13.5. The van der Waals surface area contributed by atoms with E-state index in [0.29, 0.717) is 29.4 Å². The number of hydrogen-bond acceptors (Lipinski definition) is 6. The first kappa shape index (κ1) is 21.3. The average molecular weight is 441 g/mol. The van der Waals surface area contributed by atoms with Gasteiger partial charge in [0.25, 0.3) is 0 Å². The number of hydrogen-bond donors (Lipinski definition) is 1. The molecule has 0 unspecified atom stereocenters. The lowest BCUT2D eigenvalue weighted by Crippen LogP contribution is -2.28. The summed E-state index contributed by atoms with van der Waals surface area (Å²) in [6.07, 6.45) is -0.415. The zero-order valence-corrected chi connectivity index (χ0v) is 16.8. The van der Waals surface area contributed by atoms with Crippen LogP contribution in [0.2, 0.25) is 5.02 Å². The van der Waals surface area contributed by atoms with Crippen LogP contribution in [0.5, 0.6) is 0 Å². The van der Waals surface area contributed by atoms with Crippen LogP contribution in [0.3, 0.4) is 0 Å². The molecule has 0 spiro atoms. The number of amidine groups is 1. The fraction of sp³-hybridized carbons (Fsp3) is 0.263. The summed E-state index contributed by atoms with van der Waals surface area (Å²) in [6.45, 7) is 5.85. The van der Waals surface area contributed by atoms with Crippen LogP contribution in [0.4, 0.5) is 13.2 Å². The molecule has 0 aliphatic carbocycles. The predicted octanol–water partition coefficient (Wildman–Crippen LogP) is 4.75. The Labute approximate surface area is 174 Å². The van der Waals surface area contributed by atoms with Crippen molar-refractivity contribution in [2.75, 3.05) is 0 Å². The average Bonchev–Trinajstić information content (AvgIpc) is 2.59. The second kappa shape index (κ2) is 7.79. The van der Waals surface area contributed by atoms with Crippen molar-refractivity contribution < 1.29 is 18.0 Å². The lowest BCUT2D eigenvalue weighted by atomic mass is 9.89. The van der Waals surface area contributed by atoms with Crippen LogP contribution < -0.4 is 5.73 Å². The van der Waals surface area contributed by atoms with E-state index in [1.54, 1.807) is 12.3 Å². The van der Waals surface area contributed by atoms with Gasteiger partial charge in [-0.2, -0.15) is 13.2 Å². The molecule has 0 saturated heterocycles. The van der Waals surface area contributed by atoms with E-state index >= 15 is 0 Å². The number of carbonyl (C=O) groups excluding carboxylic acids is 1. The van der Waals surface area contributed by atoms with Gasteiger partial charge in [-0.05, 0) is 35.1 Å². The Balaban J connectivity index is 1.85. The number of pyridine rings is 2. The molecule has 0 aromatic carbocycles. The minimum absolute atomic E-state index is 0.121. The highest BCUT2D eigenvalue weighted by Gasteiger charge is 2.33. The van der Waals surface area contributed by atoms with Crippen LogP contribution in [0.1, 0.15) is 40.5 Å². The first-order valence-corrected chi connectivity index (χ1v) is 9.59. The summed E-state index contributed by atoms with van der Waals surface area (Å²) >= 11 is 7.17. The molecule has 2 aromatic rings. The maximum atomic E-state index is 12.7. The van der Waals surface area contributed by atoms with Crippen molar-refractivity contribution in [2.45, 2.75) is 31.5 Å². The molecule has 2 aromatic heterocycles. The number of rotatable bonds is 4. The second-order valence-corrected chi connectivity index (χ2v) is 8.38. The van der Waals surface area contributed by atoms with E-state index in [0.717, 1.165) is 10.5 Å². The molecule has 0 radical (unpaired) electrons. The topological polar surface area (TPSA) is 81.2 Å². The van der Waals surface area contributed by atoms with Crippen LogP contribution in [0, 0.1) is 0 Å². The van der Waals surface area contributed by atoms with Crippen molar-refractivity contribution in [3.8, 4) is 0 Å². The standard InChI is InChI=1S/C19H16ClF3N4OS/c1-10-6-18(2,27-17(24)29-10)12-3-11(7-25-8-12)4-15(28)16-14(20)5-13(9-26-16)19(21,22)23/h3,5,7-9H,1,4,6H2,2H3,(H2,24,27)/t18-/m0/s1. The molecular formula is C19H16ClF3N4OS. The van der Waals surface area contributed by atoms with E-state index in [-0.39, 0.29) is 17.1 Å². The largest absolute Gasteiger partial charge is 0.417 e. The number of aromatic nitrogens is 2. The summed E-state index contributed by atoms with van der Waals surface area (Å²) in [6, 6.07) is 2.46. The summed E-state index contributed by atoms with van der Waals surface area (Å²) in [5.41, 5.74) is 5.28. The molecule has 1 atom stereocenters. The number of nitrogens with two attached hydrogens (primary N) is 1. The summed E-state index contributed by atoms with van der Waals surface area (Å²) < 4.78 is 38.2. The monoisotopic (exact) mass is 440 g/mol. The molecule has 0 saturated carbocycles. The van der Waals surface area contributed by atoms with Gasteiger partial charge in [0, 0.05) is 31.4 Å². The quantitative estimate of drug-likeness (QED) is 0.693. The Kier molecular flexibility index (Phi) is 5.73. The summed E-state index contributed by atoms with van der Waals surface area (Å²) in [4.78, 5) is 25.7. The zero-order valence-electron chi connectivity index (χ0n) is 15.3. The van der Waals surface area contributed by atoms with Gasteiger partial charge in [-0.3, -0.25) is 19.8 Å². The van der Waals surface area contributed by atoms with E-state index in [4.69, 9.17) is 17.3 Å². The normalized spacial score (nSPS) is 19.8. The number of alkyl halides is 3. The van der Waals surface area contributed by atoms with Crippen molar-refractivity contribution in [3.05, 3.63) is 69.6 Å². The van der Waals surface area contributed by atoms with Crippen LogP contribution in [0.25, 0.3) is 0 Å². The molecule has 152 valence electrons. The van der Waals surface area contributed by atoms with Crippen LogP contribution in [-0.2, 0) is 18.1 Å². The van der Waals surface area contributed by atoms with Gasteiger partial charge in [-0.1, -0.05) is 29.9 Å². The van der Waals surface area contributed by atoms with Crippen molar-refractivity contribution >= 4 is 34.3 Å². The highest BCUT2D eigenvalue weighted by Crippen LogP contribution is 2.40. The van der Waals surface area contributed by atoms with Gasteiger partial charge >= 0.3 is 6.18 Å². The third-order valence-corrected chi connectivity index (χ3v) is 5.38. The molecule has 29 heavy (non-hydrogen) atoms. The first-order valence-electron chi connectivity index (χ1n) is 8.39. The van der Waals surface area contributed by atoms with E-state index in [2.05, 4.69) is 21.5 Å².